The minimum atomic E-state index is -0.397. The Morgan fingerprint density at radius 3 is 3.00 bits per heavy atom. The second-order valence-electron chi connectivity index (χ2n) is 4.59. The number of rotatable bonds is 3. The zero-order valence-electron chi connectivity index (χ0n) is 11.7. The van der Waals surface area contributed by atoms with E-state index in [1.54, 1.807) is 37.6 Å². The average Bonchev–Trinajstić information content (AvgIpc) is 3.08. The van der Waals surface area contributed by atoms with Crippen molar-refractivity contribution in [3.8, 4) is 5.75 Å². The number of nitrogens with zero attached hydrogens (tertiary/aromatic N) is 4. The Morgan fingerprint density at radius 1 is 1.45 bits per heavy atom. The standard InChI is InChI=1S/C15H11N5O2/c1-8-3-4-10-13(14(8)19-20-16)9(15(21)18-10)7-11-12(22-2)5-6-17-11/h3-7,17H,1H2,2H3/b9-7-. The van der Waals surface area contributed by atoms with Crippen molar-refractivity contribution in [2.45, 2.75) is 0 Å². The zero-order chi connectivity index (χ0) is 15.7. The first-order chi connectivity index (χ1) is 10.7. The minimum absolute atomic E-state index is 0.311. The number of azide groups is 1. The number of methoxy groups -OCH3 is 1. The summed E-state index contributed by atoms with van der Waals surface area (Å²) in [6, 6.07) is 5.09. The molecule has 108 valence electrons. The van der Waals surface area contributed by atoms with E-state index in [9.17, 15) is 4.79 Å². The van der Waals surface area contributed by atoms with Crippen LogP contribution in [-0.2, 0) is 4.79 Å². The Hall–Kier alpha value is -3.31. The van der Waals surface area contributed by atoms with Crippen molar-refractivity contribution >= 4 is 29.8 Å². The number of ether oxygens (including phenoxy) is 1. The van der Waals surface area contributed by atoms with E-state index in [0.29, 0.717) is 38.8 Å². The molecule has 0 bridgehead atoms. The number of carbonyl (C=O) groups excluding carboxylic acids is 1. The lowest BCUT2D eigenvalue weighted by Crippen LogP contribution is -2.11. The van der Waals surface area contributed by atoms with E-state index in [1.807, 2.05) is 0 Å². The third kappa shape index (κ3) is 2.06. The summed E-state index contributed by atoms with van der Waals surface area (Å²) >= 11 is 0. The van der Waals surface area contributed by atoms with Gasteiger partial charge in [-0.25, -0.2) is 4.99 Å². The van der Waals surface area contributed by atoms with Gasteiger partial charge in [0.15, 0.2) is 0 Å². The number of aromatic nitrogens is 1. The van der Waals surface area contributed by atoms with Gasteiger partial charge in [0.05, 0.1) is 29.4 Å². The van der Waals surface area contributed by atoms with Gasteiger partial charge < -0.3 is 9.72 Å². The molecule has 2 aromatic rings. The molecule has 7 nitrogen and oxygen atoms in total. The maximum atomic E-state index is 12.2. The first kappa shape index (κ1) is 13.7. The van der Waals surface area contributed by atoms with Crippen LogP contribution in [0.15, 0.2) is 34.5 Å². The molecule has 0 saturated carbocycles. The fourth-order valence-corrected chi connectivity index (χ4v) is 2.35. The molecule has 7 heteroatoms. The molecule has 0 fully saturated rings. The summed E-state index contributed by atoms with van der Waals surface area (Å²) < 4.78 is 5.21. The van der Waals surface area contributed by atoms with Crippen molar-refractivity contribution in [2.24, 2.45) is 10.1 Å². The number of nitrogens with one attached hydrogen (secondary N) is 1. The summed E-state index contributed by atoms with van der Waals surface area (Å²) in [6.45, 7) is 3.83. The first-order valence-corrected chi connectivity index (χ1v) is 6.39. The molecule has 1 aliphatic heterocycles. The van der Waals surface area contributed by atoms with Crippen molar-refractivity contribution in [2.75, 3.05) is 7.11 Å². The number of fused-ring (bicyclic) bond motifs is 1. The monoisotopic (exact) mass is 293 g/mol. The van der Waals surface area contributed by atoms with Crippen LogP contribution in [0.2, 0.25) is 0 Å². The Labute approximate surface area is 124 Å². The SMILES string of the molecule is C=c1ccc2c(c1N=[N+]=[N-])/C(=C/c1[nH]ccc1OC)C(=O)N=2. The zero-order valence-corrected chi connectivity index (χ0v) is 11.7. The second kappa shape index (κ2) is 5.23. The average molecular weight is 293 g/mol. The molecule has 0 radical (unpaired) electrons. The van der Waals surface area contributed by atoms with Gasteiger partial charge in [-0.05, 0) is 29.0 Å². The molecule has 3 rings (SSSR count). The highest BCUT2D eigenvalue weighted by Gasteiger charge is 2.23. The van der Waals surface area contributed by atoms with Crippen molar-refractivity contribution in [1.29, 1.82) is 0 Å². The molecule has 0 unspecified atom stereocenters. The lowest BCUT2D eigenvalue weighted by atomic mass is 10.0. The van der Waals surface area contributed by atoms with Gasteiger partial charge in [-0.3, -0.25) is 4.79 Å². The van der Waals surface area contributed by atoms with Gasteiger partial charge >= 0.3 is 0 Å². The van der Waals surface area contributed by atoms with E-state index in [1.165, 1.54) is 0 Å². The highest BCUT2D eigenvalue weighted by atomic mass is 16.5. The Bertz CT molecular complexity index is 964. The predicted molar refractivity (Wildman–Crippen MR) is 81.8 cm³/mol. The van der Waals surface area contributed by atoms with Gasteiger partial charge in [0.1, 0.15) is 5.75 Å². The molecule has 1 aromatic carbocycles. The van der Waals surface area contributed by atoms with E-state index in [0.717, 1.165) is 0 Å². The van der Waals surface area contributed by atoms with Crippen LogP contribution in [0.3, 0.4) is 0 Å². The highest BCUT2D eigenvalue weighted by molar-refractivity contribution is 6.27. The van der Waals surface area contributed by atoms with Gasteiger partial charge in [-0.1, -0.05) is 17.8 Å². The van der Waals surface area contributed by atoms with Crippen LogP contribution in [0.4, 0.5) is 5.69 Å². The largest absolute Gasteiger partial charge is 0.495 e. The molecule has 1 N–H and O–H groups in total. The first-order valence-electron chi connectivity index (χ1n) is 6.39. The summed E-state index contributed by atoms with van der Waals surface area (Å²) in [4.78, 5) is 22.0. The van der Waals surface area contributed by atoms with E-state index >= 15 is 0 Å². The van der Waals surface area contributed by atoms with Crippen LogP contribution < -0.4 is 15.3 Å². The number of H-pyrrole nitrogens is 1. The maximum Gasteiger partial charge on any atom is 0.278 e. The van der Waals surface area contributed by atoms with Crippen LogP contribution in [0.5, 0.6) is 5.75 Å². The lowest BCUT2D eigenvalue weighted by Gasteiger charge is -2.03. The molecule has 1 aliphatic rings. The smallest absolute Gasteiger partial charge is 0.278 e. The molecule has 1 amide bonds. The number of benzene rings is 1. The molecule has 2 heterocycles. The minimum Gasteiger partial charge on any atom is -0.495 e. The van der Waals surface area contributed by atoms with Crippen LogP contribution in [0.1, 0.15) is 11.3 Å². The number of carbonyl (C=O) groups is 1. The lowest BCUT2D eigenvalue weighted by molar-refractivity contribution is -0.112. The summed E-state index contributed by atoms with van der Waals surface area (Å²) in [7, 11) is 1.54. The number of hydrogen-bond donors (Lipinski definition) is 1. The summed E-state index contributed by atoms with van der Waals surface area (Å²) in [5.41, 5.74) is 10.5. The molecule has 0 saturated heterocycles. The molecule has 0 spiro atoms. The van der Waals surface area contributed by atoms with Crippen LogP contribution in [-0.4, -0.2) is 18.0 Å². The van der Waals surface area contributed by atoms with E-state index in [2.05, 4.69) is 26.6 Å². The number of amides is 1. The van der Waals surface area contributed by atoms with Crippen molar-refractivity contribution in [3.05, 3.63) is 56.7 Å². The van der Waals surface area contributed by atoms with Gasteiger partial charge in [0, 0.05) is 16.7 Å². The van der Waals surface area contributed by atoms with E-state index in [-0.39, 0.29) is 0 Å². The highest BCUT2D eigenvalue weighted by Crippen LogP contribution is 2.29. The van der Waals surface area contributed by atoms with E-state index in [4.69, 9.17) is 10.3 Å². The van der Waals surface area contributed by atoms with Gasteiger partial charge in [0.25, 0.3) is 5.91 Å². The fourth-order valence-electron chi connectivity index (χ4n) is 2.35. The van der Waals surface area contributed by atoms with Gasteiger partial charge in [0.2, 0.25) is 0 Å². The Kier molecular flexibility index (Phi) is 3.25. The molecular formula is C15H11N5O2. The third-order valence-corrected chi connectivity index (χ3v) is 3.35. The second-order valence-corrected chi connectivity index (χ2v) is 4.59. The fraction of sp³-hybridized carbons (Fsp3) is 0.0667. The summed E-state index contributed by atoms with van der Waals surface area (Å²) in [6.07, 6.45) is 3.33. The van der Waals surface area contributed by atoms with Crippen molar-refractivity contribution in [1.82, 2.24) is 4.98 Å². The Morgan fingerprint density at radius 2 is 2.27 bits per heavy atom. The molecule has 1 aromatic heterocycles. The predicted octanol–water partition coefficient (Wildman–Crippen LogP) is 2.08. The maximum absolute atomic E-state index is 12.2. The number of hydrogen-bond acceptors (Lipinski definition) is 3. The number of aromatic amines is 1. The van der Waals surface area contributed by atoms with Crippen molar-refractivity contribution < 1.29 is 9.53 Å². The van der Waals surface area contributed by atoms with Gasteiger partial charge in [-0.15, -0.1) is 0 Å². The van der Waals surface area contributed by atoms with Crippen LogP contribution >= 0.6 is 0 Å². The normalized spacial score (nSPS) is 14.4. The molecule has 0 atom stereocenters. The summed E-state index contributed by atoms with van der Waals surface area (Å²) in [5.74, 6) is 0.205. The molecular weight excluding hydrogens is 282 g/mol. The topological polar surface area (TPSA) is 103 Å². The van der Waals surface area contributed by atoms with Crippen molar-refractivity contribution in [3.63, 3.8) is 0 Å². The summed E-state index contributed by atoms with van der Waals surface area (Å²) in [5, 5.41) is 4.66. The van der Waals surface area contributed by atoms with Gasteiger partial charge in [-0.2, -0.15) is 0 Å². The van der Waals surface area contributed by atoms with Crippen LogP contribution in [0.25, 0.3) is 28.7 Å². The quantitative estimate of drug-likeness (QED) is 0.405. The Balaban J connectivity index is 2.28. The molecule has 22 heavy (non-hydrogen) atoms. The third-order valence-electron chi connectivity index (χ3n) is 3.35. The van der Waals surface area contributed by atoms with Crippen LogP contribution in [0, 0.1) is 0 Å². The van der Waals surface area contributed by atoms with E-state index < -0.39 is 5.91 Å². The molecule has 0 aliphatic carbocycles.